The molecule has 1 aromatic heterocycles. The van der Waals surface area contributed by atoms with E-state index in [1.165, 1.54) is 35.2 Å². The minimum Gasteiger partial charge on any atom is -0.378 e. The molecule has 9 heteroatoms. The zero-order valence-electron chi connectivity index (χ0n) is 13.5. The highest BCUT2D eigenvalue weighted by Crippen LogP contribution is 2.37. The van der Waals surface area contributed by atoms with Crippen molar-refractivity contribution in [1.82, 2.24) is 0 Å². The first kappa shape index (κ1) is 19.9. The number of halogens is 4. The minimum atomic E-state index is -4.55. The number of amides is 1. The first-order chi connectivity index (χ1) is 11.7. The van der Waals surface area contributed by atoms with Crippen molar-refractivity contribution in [2.45, 2.75) is 11.9 Å². The Balaban J connectivity index is 2.01. The fourth-order valence-electron chi connectivity index (χ4n) is 2.01. The van der Waals surface area contributed by atoms with Crippen molar-refractivity contribution in [2.24, 2.45) is 0 Å². The highest BCUT2D eigenvalue weighted by molar-refractivity contribution is 7.99. The van der Waals surface area contributed by atoms with Gasteiger partial charge in [0.1, 0.15) is 0 Å². The lowest BCUT2D eigenvalue weighted by molar-refractivity contribution is -0.136. The van der Waals surface area contributed by atoms with Gasteiger partial charge >= 0.3 is 6.18 Å². The first-order valence-corrected chi connectivity index (χ1v) is 9.52. The van der Waals surface area contributed by atoms with Crippen molar-refractivity contribution < 1.29 is 18.0 Å². The van der Waals surface area contributed by atoms with Crippen LogP contribution in [0.3, 0.4) is 0 Å². The number of nitrogens with zero attached hydrogens (tertiary/aromatic N) is 1. The lowest BCUT2D eigenvalue weighted by atomic mass is 10.1. The molecule has 0 unspecified atom stereocenters. The molecule has 0 aliphatic rings. The fraction of sp³-hybridized carbons (Fsp3) is 0.312. The van der Waals surface area contributed by atoms with Crippen LogP contribution in [-0.4, -0.2) is 25.8 Å². The molecule has 0 bridgehead atoms. The van der Waals surface area contributed by atoms with E-state index in [1.807, 2.05) is 6.07 Å². The summed E-state index contributed by atoms with van der Waals surface area (Å²) in [6.45, 7) is 0. The van der Waals surface area contributed by atoms with E-state index in [1.54, 1.807) is 25.1 Å². The number of thiophene rings is 1. The Bertz CT molecular complexity index is 747. The maximum atomic E-state index is 13.2. The van der Waals surface area contributed by atoms with E-state index in [4.69, 9.17) is 11.6 Å². The van der Waals surface area contributed by atoms with Crippen LogP contribution in [0.2, 0.25) is 4.34 Å². The van der Waals surface area contributed by atoms with Gasteiger partial charge in [-0.2, -0.15) is 13.2 Å². The number of hydrogen-bond acceptors (Lipinski definition) is 4. The molecule has 1 aromatic carbocycles. The van der Waals surface area contributed by atoms with Gasteiger partial charge in [0.25, 0.3) is 0 Å². The van der Waals surface area contributed by atoms with Crippen LogP contribution in [0.4, 0.5) is 24.5 Å². The van der Waals surface area contributed by atoms with Gasteiger partial charge in [-0.1, -0.05) is 11.6 Å². The molecule has 136 valence electrons. The number of alkyl halides is 3. The highest BCUT2D eigenvalue weighted by Gasteiger charge is 2.34. The third-order valence-electron chi connectivity index (χ3n) is 3.21. The van der Waals surface area contributed by atoms with Crippen LogP contribution in [0.15, 0.2) is 30.3 Å². The fourth-order valence-corrected chi connectivity index (χ4v) is 4.04. The molecule has 1 amide bonds. The summed E-state index contributed by atoms with van der Waals surface area (Å²) in [7, 11) is 3.31. The van der Waals surface area contributed by atoms with Crippen LogP contribution in [0.25, 0.3) is 0 Å². The Morgan fingerprint density at radius 3 is 2.56 bits per heavy atom. The van der Waals surface area contributed by atoms with Gasteiger partial charge in [-0.15, -0.1) is 23.1 Å². The molecule has 0 saturated carbocycles. The maximum Gasteiger partial charge on any atom is 0.418 e. The summed E-state index contributed by atoms with van der Waals surface area (Å²) in [5, 5.41) is 2.35. The molecule has 0 fully saturated rings. The van der Waals surface area contributed by atoms with Gasteiger partial charge in [0.2, 0.25) is 5.91 Å². The number of anilines is 2. The number of rotatable bonds is 6. The molecule has 2 aromatic rings. The van der Waals surface area contributed by atoms with Gasteiger partial charge in [0.05, 0.1) is 21.3 Å². The molecule has 0 spiro atoms. The Labute approximate surface area is 157 Å². The van der Waals surface area contributed by atoms with E-state index >= 15 is 0 Å². The Kier molecular flexibility index (Phi) is 6.65. The first-order valence-electron chi connectivity index (χ1n) is 7.17. The van der Waals surface area contributed by atoms with Crippen LogP contribution in [-0.2, 0) is 16.7 Å². The Morgan fingerprint density at radius 2 is 2.00 bits per heavy atom. The standard InChI is InChI=1S/C16H16ClF3N2OS2/c1-22(2)10-3-5-13(12(7-10)16(18,19)20)21-15(23)9-24-8-11-4-6-14(17)25-11/h3-7H,8-9H2,1-2H3,(H,21,23). The molecule has 1 N–H and O–H groups in total. The second-order valence-electron chi connectivity index (χ2n) is 5.37. The molecule has 0 saturated heterocycles. The van der Waals surface area contributed by atoms with Gasteiger partial charge in [-0.25, -0.2) is 0 Å². The number of hydrogen-bond donors (Lipinski definition) is 1. The van der Waals surface area contributed by atoms with Gasteiger partial charge in [0, 0.05) is 30.4 Å². The van der Waals surface area contributed by atoms with Crippen LogP contribution in [0, 0.1) is 0 Å². The zero-order chi connectivity index (χ0) is 18.6. The second-order valence-corrected chi connectivity index (χ2v) is 8.15. The lowest BCUT2D eigenvalue weighted by Crippen LogP contribution is -2.19. The maximum absolute atomic E-state index is 13.2. The normalized spacial score (nSPS) is 11.4. The van der Waals surface area contributed by atoms with Crippen molar-refractivity contribution in [3.63, 3.8) is 0 Å². The van der Waals surface area contributed by atoms with Crippen molar-refractivity contribution in [1.29, 1.82) is 0 Å². The second kappa shape index (κ2) is 8.33. The Hall–Kier alpha value is -1.38. The molecule has 25 heavy (non-hydrogen) atoms. The summed E-state index contributed by atoms with van der Waals surface area (Å²) < 4.78 is 40.4. The molecular formula is C16H16ClF3N2OS2. The Morgan fingerprint density at radius 1 is 1.28 bits per heavy atom. The summed E-state index contributed by atoms with van der Waals surface area (Å²) in [5.41, 5.74) is -0.681. The molecule has 3 nitrogen and oxygen atoms in total. The van der Waals surface area contributed by atoms with E-state index in [2.05, 4.69) is 5.32 Å². The summed E-state index contributed by atoms with van der Waals surface area (Å²) in [6.07, 6.45) is -4.55. The summed E-state index contributed by atoms with van der Waals surface area (Å²) >= 11 is 8.56. The van der Waals surface area contributed by atoms with Crippen molar-refractivity contribution in [3.8, 4) is 0 Å². The minimum absolute atomic E-state index is 0.0578. The zero-order valence-corrected chi connectivity index (χ0v) is 15.9. The van der Waals surface area contributed by atoms with Crippen molar-refractivity contribution in [3.05, 3.63) is 45.1 Å². The van der Waals surface area contributed by atoms with E-state index in [0.717, 1.165) is 10.9 Å². The molecule has 1 heterocycles. The summed E-state index contributed by atoms with van der Waals surface area (Å²) in [6, 6.07) is 7.46. The molecular weight excluding hydrogens is 393 g/mol. The highest BCUT2D eigenvalue weighted by atomic mass is 35.5. The van der Waals surface area contributed by atoms with Gasteiger partial charge in [-0.05, 0) is 30.3 Å². The quantitative estimate of drug-likeness (QED) is 0.698. The summed E-state index contributed by atoms with van der Waals surface area (Å²) in [5.74, 6) is 0.161. The van der Waals surface area contributed by atoms with E-state index in [0.29, 0.717) is 15.8 Å². The number of nitrogens with one attached hydrogen (secondary N) is 1. The van der Waals surface area contributed by atoms with Crippen LogP contribution in [0.1, 0.15) is 10.4 Å². The van der Waals surface area contributed by atoms with Crippen LogP contribution >= 0.6 is 34.7 Å². The predicted molar refractivity (Wildman–Crippen MR) is 99.9 cm³/mol. The third kappa shape index (κ3) is 5.83. The third-order valence-corrected chi connectivity index (χ3v) is 5.60. The lowest BCUT2D eigenvalue weighted by Gasteiger charge is -2.18. The molecule has 0 aliphatic heterocycles. The van der Waals surface area contributed by atoms with Gasteiger partial charge < -0.3 is 10.2 Å². The van der Waals surface area contributed by atoms with Crippen LogP contribution < -0.4 is 10.2 Å². The topological polar surface area (TPSA) is 32.3 Å². The number of carbonyl (C=O) groups is 1. The molecule has 0 radical (unpaired) electrons. The van der Waals surface area contributed by atoms with E-state index in [-0.39, 0.29) is 11.4 Å². The predicted octanol–water partition coefficient (Wildman–Crippen LogP) is 5.36. The number of benzene rings is 1. The van der Waals surface area contributed by atoms with E-state index in [9.17, 15) is 18.0 Å². The average Bonchev–Trinajstić information content (AvgIpc) is 2.91. The monoisotopic (exact) mass is 408 g/mol. The SMILES string of the molecule is CN(C)c1ccc(NC(=O)CSCc2ccc(Cl)s2)c(C(F)(F)F)c1. The molecule has 0 atom stereocenters. The van der Waals surface area contributed by atoms with Gasteiger partial charge in [0.15, 0.2) is 0 Å². The van der Waals surface area contributed by atoms with Gasteiger partial charge in [-0.3, -0.25) is 4.79 Å². The van der Waals surface area contributed by atoms with E-state index < -0.39 is 17.6 Å². The van der Waals surface area contributed by atoms with Crippen LogP contribution in [0.5, 0.6) is 0 Å². The van der Waals surface area contributed by atoms with Crippen molar-refractivity contribution >= 4 is 52.0 Å². The molecule has 2 rings (SSSR count). The number of thioether (sulfide) groups is 1. The largest absolute Gasteiger partial charge is 0.418 e. The smallest absolute Gasteiger partial charge is 0.378 e. The number of carbonyl (C=O) groups excluding carboxylic acids is 1. The molecule has 0 aliphatic carbocycles. The average molecular weight is 409 g/mol. The van der Waals surface area contributed by atoms with Crippen molar-refractivity contribution in [2.75, 3.05) is 30.1 Å². The summed E-state index contributed by atoms with van der Waals surface area (Å²) in [4.78, 5) is 14.6.